The van der Waals surface area contributed by atoms with E-state index in [9.17, 15) is 14.4 Å². The number of hydrogen-bond acceptors (Lipinski definition) is 4. The molecule has 4 N–H and O–H groups in total. The number of rotatable bonds is 7. The Bertz CT molecular complexity index is 510. The first-order valence-electron chi connectivity index (χ1n) is 6.99. The number of hydrogen-bond donors (Lipinski definition) is 4. The average molecular weight is 311 g/mol. The summed E-state index contributed by atoms with van der Waals surface area (Å²) in [5.74, 6) is -4.38. The highest BCUT2D eigenvalue weighted by Gasteiger charge is 2.41. The Hall–Kier alpha value is -2.15. The van der Waals surface area contributed by atoms with Crippen molar-refractivity contribution in [2.45, 2.75) is 26.3 Å². The fourth-order valence-corrected chi connectivity index (χ4v) is 2.60. The summed E-state index contributed by atoms with van der Waals surface area (Å²) >= 11 is 0. The Kier molecular flexibility index (Phi) is 6.30. The number of allylic oxidation sites excluding steroid dienone is 2. The molecule has 1 aliphatic heterocycles. The molecular formula is C15H21NO6. The second kappa shape index (κ2) is 7.74. The zero-order valence-electron chi connectivity index (χ0n) is 12.5. The van der Waals surface area contributed by atoms with Gasteiger partial charge < -0.3 is 20.6 Å². The van der Waals surface area contributed by atoms with E-state index in [2.05, 4.69) is 5.32 Å². The molecule has 0 saturated carbocycles. The number of carbonyl (C=O) groups is 3. The Morgan fingerprint density at radius 1 is 1.27 bits per heavy atom. The van der Waals surface area contributed by atoms with Gasteiger partial charge in [-0.25, -0.2) is 0 Å². The SMILES string of the molecule is C/C(=C\C=C/C(C)C(=O)O)C1CN[C@H](C(=O)O)[C@H]1CC(=O)O. The van der Waals surface area contributed by atoms with Gasteiger partial charge >= 0.3 is 17.9 Å². The molecule has 1 aliphatic rings. The maximum absolute atomic E-state index is 11.2. The summed E-state index contributed by atoms with van der Waals surface area (Å²) in [6.07, 6.45) is 4.62. The maximum Gasteiger partial charge on any atom is 0.321 e. The van der Waals surface area contributed by atoms with Gasteiger partial charge in [-0.05, 0) is 19.8 Å². The van der Waals surface area contributed by atoms with Gasteiger partial charge in [-0.2, -0.15) is 0 Å². The zero-order chi connectivity index (χ0) is 16.9. The molecule has 1 fully saturated rings. The van der Waals surface area contributed by atoms with Crippen molar-refractivity contribution in [3.8, 4) is 0 Å². The van der Waals surface area contributed by atoms with Gasteiger partial charge in [-0.15, -0.1) is 0 Å². The Morgan fingerprint density at radius 2 is 1.91 bits per heavy atom. The Labute approximate surface area is 128 Å². The van der Waals surface area contributed by atoms with E-state index in [-0.39, 0.29) is 12.3 Å². The molecule has 0 aromatic carbocycles. The topological polar surface area (TPSA) is 124 Å². The number of aliphatic carboxylic acids is 3. The smallest absolute Gasteiger partial charge is 0.321 e. The largest absolute Gasteiger partial charge is 0.481 e. The van der Waals surface area contributed by atoms with E-state index >= 15 is 0 Å². The highest BCUT2D eigenvalue weighted by atomic mass is 16.4. The van der Waals surface area contributed by atoms with Crippen LogP contribution >= 0.6 is 0 Å². The molecule has 1 saturated heterocycles. The van der Waals surface area contributed by atoms with E-state index in [1.807, 2.05) is 0 Å². The molecule has 2 unspecified atom stereocenters. The Balaban J connectivity index is 2.85. The first-order chi connectivity index (χ1) is 10.2. The maximum atomic E-state index is 11.2. The molecule has 1 rings (SSSR count). The fourth-order valence-electron chi connectivity index (χ4n) is 2.60. The fraction of sp³-hybridized carbons (Fsp3) is 0.533. The van der Waals surface area contributed by atoms with Crippen LogP contribution in [0.1, 0.15) is 20.3 Å². The lowest BCUT2D eigenvalue weighted by Gasteiger charge is -2.20. The zero-order valence-corrected chi connectivity index (χ0v) is 12.5. The van der Waals surface area contributed by atoms with E-state index in [1.165, 1.54) is 6.08 Å². The quantitative estimate of drug-likeness (QED) is 0.516. The summed E-state index contributed by atoms with van der Waals surface area (Å²) in [4.78, 5) is 32.8. The van der Waals surface area contributed by atoms with Crippen LogP contribution in [0.15, 0.2) is 23.8 Å². The molecule has 0 aromatic heterocycles. The lowest BCUT2D eigenvalue weighted by atomic mass is 9.83. The van der Waals surface area contributed by atoms with Crippen LogP contribution < -0.4 is 5.32 Å². The van der Waals surface area contributed by atoms with Gasteiger partial charge in [0.1, 0.15) is 6.04 Å². The summed E-state index contributed by atoms with van der Waals surface area (Å²) in [5.41, 5.74) is 0.830. The lowest BCUT2D eigenvalue weighted by Crippen LogP contribution is -2.36. The predicted octanol–water partition coefficient (Wildman–Crippen LogP) is 0.973. The molecule has 0 bridgehead atoms. The summed E-state index contributed by atoms with van der Waals surface area (Å²) < 4.78 is 0. The van der Waals surface area contributed by atoms with Gasteiger partial charge in [0.15, 0.2) is 0 Å². The minimum atomic E-state index is -1.06. The summed E-state index contributed by atoms with van der Waals surface area (Å²) in [7, 11) is 0. The monoisotopic (exact) mass is 311 g/mol. The van der Waals surface area contributed by atoms with Crippen LogP contribution in [0.3, 0.4) is 0 Å². The van der Waals surface area contributed by atoms with Crippen LogP contribution in [0, 0.1) is 17.8 Å². The Morgan fingerprint density at radius 3 is 2.41 bits per heavy atom. The van der Waals surface area contributed by atoms with Gasteiger partial charge in [0.05, 0.1) is 12.3 Å². The van der Waals surface area contributed by atoms with Crippen molar-refractivity contribution >= 4 is 17.9 Å². The van der Waals surface area contributed by atoms with Gasteiger partial charge in [-0.1, -0.05) is 23.8 Å². The third-order valence-electron chi connectivity index (χ3n) is 3.91. The second-order valence-electron chi connectivity index (χ2n) is 5.51. The number of nitrogens with one attached hydrogen (secondary N) is 1. The summed E-state index contributed by atoms with van der Waals surface area (Å²) in [6.45, 7) is 3.73. The molecule has 7 heteroatoms. The molecule has 0 aromatic rings. The van der Waals surface area contributed by atoms with E-state index < -0.39 is 35.8 Å². The second-order valence-corrected chi connectivity index (χ2v) is 5.51. The molecular weight excluding hydrogens is 290 g/mol. The first-order valence-corrected chi connectivity index (χ1v) is 6.99. The van der Waals surface area contributed by atoms with Crippen LogP contribution in [0.5, 0.6) is 0 Å². The molecule has 0 aliphatic carbocycles. The van der Waals surface area contributed by atoms with Crippen LogP contribution in [-0.4, -0.2) is 45.8 Å². The van der Waals surface area contributed by atoms with E-state index in [0.717, 1.165) is 5.57 Å². The van der Waals surface area contributed by atoms with E-state index in [1.54, 1.807) is 26.0 Å². The summed E-state index contributed by atoms with van der Waals surface area (Å²) in [6, 6.07) is -0.883. The highest BCUT2D eigenvalue weighted by molar-refractivity contribution is 5.76. The van der Waals surface area contributed by atoms with Gasteiger partial charge in [-0.3, -0.25) is 14.4 Å². The molecule has 4 atom stereocenters. The molecule has 1 heterocycles. The lowest BCUT2D eigenvalue weighted by molar-refractivity contribution is -0.142. The standard InChI is InChI=1S/C15H21NO6/c1-8(4-3-5-9(2)14(19)20)11-7-16-13(15(21)22)10(11)6-12(17)18/h3-5,9-11,13,16H,6-7H2,1-2H3,(H,17,18)(H,19,20)(H,21,22)/b5-3-,8-4+/t9?,10-,11?,13-/m0/s1. The van der Waals surface area contributed by atoms with Crippen molar-refractivity contribution in [2.24, 2.45) is 17.8 Å². The minimum absolute atomic E-state index is 0.206. The van der Waals surface area contributed by atoms with Gasteiger partial charge in [0.25, 0.3) is 0 Å². The first kappa shape index (κ1) is 17.9. The number of carboxylic acids is 3. The third kappa shape index (κ3) is 4.70. The molecule has 0 spiro atoms. The molecule has 0 amide bonds. The van der Waals surface area contributed by atoms with Crippen molar-refractivity contribution in [2.75, 3.05) is 6.54 Å². The van der Waals surface area contributed by atoms with Crippen molar-refractivity contribution in [3.05, 3.63) is 23.8 Å². The minimum Gasteiger partial charge on any atom is -0.481 e. The van der Waals surface area contributed by atoms with Crippen molar-refractivity contribution in [3.63, 3.8) is 0 Å². The van der Waals surface area contributed by atoms with Crippen LogP contribution in [-0.2, 0) is 14.4 Å². The predicted molar refractivity (Wildman–Crippen MR) is 78.4 cm³/mol. The van der Waals surface area contributed by atoms with E-state index in [0.29, 0.717) is 6.54 Å². The number of carboxylic acid groups (broad SMARTS) is 3. The molecule has 0 radical (unpaired) electrons. The van der Waals surface area contributed by atoms with Crippen molar-refractivity contribution < 1.29 is 29.7 Å². The van der Waals surface area contributed by atoms with Crippen LogP contribution in [0.2, 0.25) is 0 Å². The molecule has 22 heavy (non-hydrogen) atoms. The van der Waals surface area contributed by atoms with Crippen LogP contribution in [0.25, 0.3) is 0 Å². The van der Waals surface area contributed by atoms with E-state index in [4.69, 9.17) is 15.3 Å². The molecule has 7 nitrogen and oxygen atoms in total. The highest BCUT2D eigenvalue weighted by Crippen LogP contribution is 2.31. The average Bonchev–Trinajstić information content (AvgIpc) is 2.81. The van der Waals surface area contributed by atoms with Crippen molar-refractivity contribution in [1.29, 1.82) is 0 Å². The van der Waals surface area contributed by atoms with Crippen LogP contribution in [0.4, 0.5) is 0 Å². The van der Waals surface area contributed by atoms with Gasteiger partial charge in [0.2, 0.25) is 0 Å². The molecule has 122 valence electrons. The van der Waals surface area contributed by atoms with Crippen molar-refractivity contribution in [1.82, 2.24) is 5.32 Å². The summed E-state index contributed by atoms with van der Waals surface area (Å²) in [5, 5.41) is 29.7. The van der Waals surface area contributed by atoms with Gasteiger partial charge in [0, 0.05) is 12.5 Å². The normalized spacial score (nSPS) is 27.0. The third-order valence-corrected chi connectivity index (χ3v) is 3.91.